The van der Waals surface area contributed by atoms with E-state index in [9.17, 15) is 4.79 Å². The van der Waals surface area contributed by atoms with Gasteiger partial charge in [-0.15, -0.1) is 0 Å². The molecule has 0 radical (unpaired) electrons. The van der Waals surface area contributed by atoms with Crippen molar-refractivity contribution < 1.29 is 4.79 Å². The third-order valence-electron chi connectivity index (χ3n) is 3.13. The van der Waals surface area contributed by atoms with Gasteiger partial charge in [0, 0.05) is 13.6 Å². The summed E-state index contributed by atoms with van der Waals surface area (Å²) in [6.45, 7) is 4.28. The zero-order valence-electron chi connectivity index (χ0n) is 9.38. The second-order valence-corrected chi connectivity index (χ2v) is 4.17. The number of carbonyl (C=O) groups is 1. The molecule has 82 valence electrons. The van der Waals surface area contributed by atoms with Crippen LogP contribution < -0.4 is 5.32 Å². The van der Waals surface area contributed by atoms with Gasteiger partial charge in [-0.3, -0.25) is 4.79 Å². The van der Waals surface area contributed by atoms with Gasteiger partial charge in [0.25, 0.3) is 0 Å². The standard InChI is InChI=1S/C11H22N2O/c1-3-13(2)11(14)9-12-8-7-10-5-4-6-10/h10,12H,3-9H2,1-2H3. The van der Waals surface area contributed by atoms with Crippen LogP contribution in [0.15, 0.2) is 0 Å². The van der Waals surface area contributed by atoms with Crippen LogP contribution in [-0.2, 0) is 4.79 Å². The molecule has 0 heterocycles. The monoisotopic (exact) mass is 198 g/mol. The maximum atomic E-state index is 11.4. The average Bonchev–Trinajstić information content (AvgIpc) is 2.13. The molecule has 0 bridgehead atoms. The Morgan fingerprint density at radius 2 is 2.21 bits per heavy atom. The number of likely N-dealkylation sites (N-methyl/N-ethyl adjacent to an activating group) is 1. The third-order valence-corrected chi connectivity index (χ3v) is 3.13. The molecule has 0 atom stereocenters. The van der Waals surface area contributed by atoms with Crippen LogP contribution in [0.4, 0.5) is 0 Å². The summed E-state index contributed by atoms with van der Waals surface area (Å²) in [4.78, 5) is 13.1. The zero-order chi connectivity index (χ0) is 10.4. The molecule has 0 aromatic carbocycles. The minimum atomic E-state index is 0.195. The fourth-order valence-electron chi connectivity index (χ4n) is 1.59. The molecule has 3 nitrogen and oxygen atoms in total. The maximum absolute atomic E-state index is 11.4. The fourth-order valence-corrected chi connectivity index (χ4v) is 1.59. The Morgan fingerprint density at radius 1 is 1.50 bits per heavy atom. The average molecular weight is 198 g/mol. The smallest absolute Gasteiger partial charge is 0.236 e. The van der Waals surface area contributed by atoms with Gasteiger partial charge < -0.3 is 10.2 Å². The second-order valence-electron chi connectivity index (χ2n) is 4.17. The first-order valence-corrected chi connectivity index (χ1v) is 5.68. The van der Waals surface area contributed by atoms with Crippen molar-refractivity contribution in [3.05, 3.63) is 0 Å². The van der Waals surface area contributed by atoms with E-state index in [1.165, 1.54) is 25.7 Å². The van der Waals surface area contributed by atoms with E-state index in [2.05, 4.69) is 5.32 Å². The van der Waals surface area contributed by atoms with Crippen molar-refractivity contribution in [2.45, 2.75) is 32.6 Å². The van der Waals surface area contributed by atoms with Gasteiger partial charge in [-0.2, -0.15) is 0 Å². The van der Waals surface area contributed by atoms with Crippen LogP contribution in [0.5, 0.6) is 0 Å². The second kappa shape index (κ2) is 6.02. The Hall–Kier alpha value is -0.570. The normalized spacial score (nSPS) is 16.4. The molecule has 1 amide bonds. The maximum Gasteiger partial charge on any atom is 0.236 e. The molecule has 0 aliphatic heterocycles. The quantitative estimate of drug-likeness (QED) is 0.651. The van der Waals surface area contributed by atoms with E-state index >= 15 is 0 Å². The highest BCUT2D eigenvalue weighted by atomic mass is 16.2. The van der Waals surface area contributed by atoms with Crippen LogP contribution in [0, 0.1) is 5.92 Å². The van der Waals surface area contributed by atoms with Crippen LogP contribution in [0.3, 0.4) is 0 Å². The largest absolute Gasteiger partial charge is 0.345 e. The molecule has 1 fully saturated rings. The lowest BCUT2D eigenvalue weighted by Crippen LogP contribution is -2.36. The van der Waals surface area contributed by atoms with E-state index in [0.29, 0.717) is 6.54 Å². The summed E-state index contributed by atoms with van der Waals surface area (Å²) in [7, 11) is 1.84. The summed E-state index contributed by atoms with van der Waals surface area (Å²) >= 11 is 0. The number of rotatable bonds is 6. The Kier molecular flexibility index (Phi) is 4.94. The molecule has 14 heavy (non-hydrogen) atoms. The number of hydrogen-bond donors (Lipinski definition) is 1. The summed E-state index contributed by atoms with van der Waals surface area (Å²) in [6, 6.07) is 0. The highest BCUT2D eigenvalue weighted by Gasteiger charge is 2.16. The highest BCUT2D eigenvalue weighted by molar-refractivity contribution is 5.77. The van der Waals surface area contributed by atoms with Crippen LogP contribution >= 0.6 is 0 Å². The van der Waals surface area contributed by atoms with Gasteiger partial charge >= 0.3 is 0 Å². The Labute approximate surface area is 86.9 Å². The van der Waals surface area contributed by atoms with Crippen molar-refractivity contribution in [2.75, 3.05) is 26.7 Å². The first-order chi connectivity index (χ1) is 6.74. The SMILES string of the molecule is CCN(C)C(=O)CNCCC1CCC1. The summed E-state index contributed by atoms with van der Waals surface area (Å²) < 4.78 is 0. The van der Waals surface area contributed by atoms with Crippen molar-refractivity contribution in [2.24, 2.45) is 5.92 Å². The minimum absolute atomic E-state index is 0.195. The highest BCUT2D eigenvalue weighted by Crippen LogP contribution is 2.28. The van der Waals surface area contributed by atoms with E-state index in [-0.39, 0.29) is 5.91 Å². The van der Waals surface area contributed by atoms with Crippen molar-refractivity contribution >= 4 is 5.91 Å². The lowest BCUT2D eigenvalue weighted by atomic mass is 9.83. The first kappa shape index (κ1) is 11.5. The number of carbonyl (C=O) groups excluding carboxylic acids is 1. The predicted octanol–water partition coefficient (Wildman–Crippen LogP) is 1.24. The topological polar surface area (TPSA) is 32.3 Å². The van der Waals surface area contributed by atoms with Crippen molar-refractivity contribution in [1.29, 1.82) is 0 Å². The van der Waals surface area contributed by atoms with Gasteiger partial charge in [0.1, 0.15) is 0 Å². The van der Waals surface area contributed by atoms with Crippen LogP contribution in [0.2, 0.25) is 0 Å². The van der Waals surface area contributed by atoms with E-state index in [1.807, 2.05) is 14.0 Å². The van der Waals surface area contributed by atoms with Gasteiger partial charge in [0.15, 0.2) is 0 Å². The number of nitrogens with one attached hydrogen (secondary N) is 1. The minimum Gasteiger partial charge on any atom is -0.345 e. The van der Waals surface area contributed by atoms with E-state index in [4.69, 9.17) is 0 Å². The molecule has 1 aliphatic carbocycles. The molecule has 1 rings (SSSR count). The molecule has 1 aliphatic rings. The Balaban J connectivity index is 1.94. The van der Waals surface area contributed by atoms with Crippen LogP contribution in [0.25, 0.3) is 0 Å². The third kappa shape index (κ3) is 3.66. The van der Waals surface area contributed by atoms with Gasteiger partial charge in [0.2, 0.25) is 5.91 Å². The Morgan fingerprint density at radius 3 is 2.71 bits per heavy atom. The van der Waals surface area contributed by atoms with Gasteiger partial charge in [-0.05, 0) is 25.8 Å². The molecule has 0 unspecified atom stereocenters. The fraction of sp³-hybridized carbons (Fsp3) is 0.909. The van der Waals surface area contributed by atoms with Gasteiger partial charge in [-0.25, -0.2) is 0 Å². The number of nitrogens with zero attached hydrogens (tertiary/aromatic N) is 1. The number of amides is 1. The molecule has 3 heteroatoms. The zero-order valence-corrected chi connectivity index (χ0v) is 9.38. The lowest BCUT2D eigenvalue weighted by molar-refractivity contribution is -0.128. The predicted molar refractivity (Wildman–Crippen MR) is 58.1 cm³/mol. The van der Waals surface area contributed by atoms with Gasteiger partial charge in [0.05, 0.1) is 6.54 Å². The van der Waals surface area contributed by atoms with E-state index < -0.39 is 0 Å². The summed E-state index contributed by atoms with van der Waals surface area (Å²) in [5, 5.41) is 3.21. The van der Waals surface area contributed by atoms with Crippen molar-refractivity contribution in [1.82, 2.24) is 10.2 Å². The van der Waals surface area contributed by atoms with E-state index in [0.717, 1.165) is 19.0 Å². The van der Waals surface area contributed by atoms with Gasteiger partial charge in [-0.1, -0.05) is 19.3 Å². The number of hydrogen-bond acceptors (Lipinski definition) is 2. The van der Waals surface area contributed by atoms with Crippen LogP contribution in [0.1, 0.15) is 32.6 Å². The van der Waals surface area contributed by atoms with Crippen LogP contribution in [-0.4, -0.2) is 37.5 Å². The molecule has 1 saturated carbocycles. The molecule has 0 aromatic rings. The first-order valence-electron chi connectivity index (χ1n) is 5.68. The summed E-state index contributed by atoms with van der Waals surface area (Å²) in [5.74, 6) is 1.13. The summed E-state index contributed by atoms with van der Waals surface area (Å²) in [5.41, 5.74) is 0. The molecular weight excluding hydrogens is 176 g/mol. The molecule has 0 saturated heterocycles. The lowest BCUT2D eigenvalue weighted by Gasteiger charge is -2.25. The van der Waals surface area contributed by atoms with Crippen molar-refractivity contribution in [3.63, 3.8) is 0 Å². The van der Waals surface area contributed by atoms with E-state index in [1.54, 1.807) is 4.90 Å². The molecular formula is C11H22N2O. The van der Waals surface area contributed by atoms with Crippen molar-refractivity contribution in [3.8, 4) is 0 Å². The molecule has 0 aromatic heterocycles. The summed E-state index contributed by atoms with van der Waals surface area (Å²) in [6.07, 6.45) is 5.43. The molecule has 1 N–H and O–H groups in total. The Bertz CT molecular complexity index is 178. The molecule has 0 spiro atoms.